The van der Waals surface area contributed by atoms with Crippen LogP contribution in [-0.2, 0) is 18.3 Å². The largest absolute Gasteiger partial charge is 0.355 e. The summed E-state index contributed by atoms with van der Waals surface area (Å²) in [5.74, 6) is 1.07. The molecule has 84 valence electrons. The molecule has 1 amide bonds. The van der Waals surface area contributed by atoms with Crippen molar-refractivity contribution in [3.05, 3.63) is 18.2 Å². The maximum absolute atomic E-state index is 11.5. The number of carbonyl (C=O) groups is 1. The Labute approximate surface area is 90.7 Å². The molecule has 0 bridgehead atoms. The molecule has 1 heterocycles. The monoisotopic (exact) mass is 209 g/mol. The summed E-state index contributed by atoms with van der Waals surface area (Å²) in [4.78, 5) is 15.7. The maximum Gasteiger partial charge on any atom is 0.225 e. The molecular formula is C11H19N3O. The lowest BCUT2D eigenvalue weighted by atomic mass is 9.96. The number of hydrogen-bond donors (Lipinski definition) is 1. The summed E-state index contributed by atoms with van der Waals surface area (Å²) >= 11 is 0. The number of amides is 1. The van der Waals surface area contributed by atoms with E-state index in [1.807, 2.05) is 38.6 Å². The summed E-state index contributed by atoms with van der Waals surface area (Å²) in [5, 5.41) is 2.90. The summed E-state index contributed by atoms with van der Waals surface area (Å²) in [7, 11) is 1.95. The van der Waals surface area contributed by atoms with E-state index in [9.17, 15) is 4.79 Å². The second kappa shape index (κ2) is 4.47. The molecular weight excluding hydrogens is 190 g/mol. The van der Waals surface area contributed by atoms with E-state index in [1.54, 1.807) is 6.20 Å². The van der Waals surface area contributed by atoms with E-state index in [0.29, 0.717) is 6.54 Å². The number of aryl methyl sites for hydroxylation is 1. The van der Waals surface area contributed by atoms with Gasteiger partial charge in [-0.2, -0.15) is 0 Å². The quantitative estimate of drug-likeness (QED) is 0.811. The molecule has 0 atom stereocenters. The molecule has 0 aliphatic rings. The summed E-state index contributed by atoms with van der Waals surface area (Å²) < 4.78 is 1.96. The summed E-state index contributed by atoms with van der Waals surface area (Å²) in [6, 6.07) is 0. The molecule has 4 nitrogen and oxygen atoms in total. The zero-order valence-electron chi connectivity index (χ0n) is 9.87. The van der Waals surface area contributed by atoms with Crippen LogP contribution in [0.3, 0.4) is 0 Å². The molecule has 0 saturated heterocycles. The molecule has 0 saturated carbocycles. The Hall–Kier alpha value is -1.32. The van der Waals surface area contributed by atoms with Gasteiger partial charge in [0.15, 0.2) is 0 Å². The third-order valence-corrected chi connectivity index (χ3v) is 2.24. The molecule has 0 aromatic carbocycles. The first-order valence-electron chi connectivity index (χ1n) is 5.16. The van der Waals surface area contributed by atoms with Gasteiger partial charge in [-0.05, 0) is 0 Å². The number of aromatic nitrogens is 2. The van der Waals surface area contributed by atoms with E-state index in [2.05, 4.69) is 10.3 Å². The number of rotatable bonds is 3. The van der Waals surface area contributed by atoms with Gasteiger partial charge in [0.25, 0.3) is 0 Å². The van der Waals surface area contributed by atoms with Crippen LogP contribution in [0.25, 0.3) is 0 Å². The first kappa shape index (κ1) is 11.8. The molecule has 1 N–H and O–H groups in total. The molecule has 15 heavy (non-hydrogen) atoms. The zero-order valence-corrected chi connectivity index (χ0v) is 9.87. The molecule has 0 spiro atoms. The molecule has 1 aromatic heterocycles. The number of hydrogen-bond acceptors (Lipinski definition) is 2. The highest BCUT2D eigenvalue weighted by Gasteiger charge is 2.20. The smallest absolute Gasteiger partial charge is 0.225 e. The van der Waals surface area contributed by atoms with Crippen molar-refractivity contribution in [3.63, 3.8) is 0 Å². The molecule has 1 rings (SSSR count). The first-order valence-corrected chi connectivity index (χ1v) is 5.16. The fourth-order valence-electron chi connectivity index (χ4n) is 1.19. The van der Waals surface area contributed by atoms with Crippen molar-refractivity contribution in [2.24, 2.45) is 12.5 Å². The standard InChI is InChI=1S/C11H19N3O/c1-11(2,3)10(15)13-6-5-9-12-7-8-14(9)4/h7-8H,5-6H2,1-4H3,(H,13,15). The Bertz CT molecular complexity index is 336. The van der Waals surface area contributed by atoms with Crippen molar-refractivity contribution in [2.45, 2.75) is 27.2 Å². The van der Waals surface area contributed by atoms with Crippen molar-refractivity contribution in [3.8, 4) is 0 Å². The lowest BCUT2D eigenvalue weighted by Gasteiger charge is -2.17. The van der Waals surface area contributed by atoms with E-state index in [4.69, 9.17) is 0 Å². The third-order valence-electron chi connectivity index (χ3n) is 2.24. The van der Waals surface area contributed by atoms with Gasteiger partial charge in [0.05, 0.1) is 0 Å². The highest BCUT2D eigenvalue weighted by atomic mass is 16.2. The van der Waals surface area contributed by atoms with Crippen LogP contribution in [-0.4, -0.2) is 22.0 Å². The number of carbonyl (C=O) groups excluding carboxylic acids is 1. The Morgan fingerprint density at radius 1 is 1.53 bits per heavy atom. The minimum absolute atomic E-state index is 0.0803. The van der Waals surface area contributed by atoms with Gasteiger partial charge in [0, 0.05) is 37.8 Å². The van der Waals surface area contributed by atoms with Gasteiger partial charge >= 0.3 is 0 Å². The van der Waals surface area contributed by atoms with Crippen LogP contribution in [0.1, 0.15) is 26.6 Å². The van der Waals surface area contributed by atoms with Crippen molar-refractivity contribution in [2.75, 3.05) is 6.54 Å². The van der Waals surface area contributed by atoms with Crippen LogP contribution >= 0.6 is 0 Å². The number of imidazole rings is 1. The minimum atomic E-state index is -0.318. The van der Waals surface area contributed by atoms with Crippen LogP contribution < -0.4 is 5.32 Å². The van der Waals surface area contributed by atoms with Crippen LogP contribution in [0.2, 0.25) is 0 Å². The number of nitrogens with one attached hydrogen (secondary N) is 1. The fourth-order valence-corrected chi connectivity index (χ4v) is 1.19. The van der Waals surface area contributed by atoms with Gasteiger partial charge in [-0.3, -0.25) is 4.79 Å². The van der Waals surface area contributed by atoms with Gasteiger partial charge in [-0.1, -0.05) is 20.8 Å². The van der Waals surface area contributed by atoms with Gasteiger partial charge in [0.2, 0.25) is 5.91 Å². The van der Waals surface area contributed by atoms with Crippen LogP contribution in [0, 0.1) is 5.41 Å². The SMILES string of the molecule is Cn1ccnc1CCNC(=O)C(C)(C)C. The van der Waals surface area contributed by atoms with E-state index < -0.39 is 0 Å². The highest BCUT2D eigenvalue weighted by molar-refractivity contribution is 5.81. The van der Waals surface area contributed by atoms with Gasteiger partial charge in [-0.15, -0.1) is 0 Å². The molecule has 0 aliphatic carbocycles. The van der Waals surface area contributed by atoms with Crippen LogP contribution in [0.4, 0.5) is 0 Å². The van der Waals surface area contributed by atoms with Crippen molar-refractivity contribution in [1.82, 2.24) is 14.9 Å². The van der Waals surface area contributed by atoms with Crippen molar-refractivity contribution >= 4 is 5.91 Å². The van der Waals surface area contributed by atoms with E-state index in [1.165, 1.54) is 0 Å². The molecule has 0 unspecified atom stereocenters. The lowest BCUT2D eigenvalue weighted by molar-refractivity contribution is -0.128. The average Bonchev–Trinajstić information content (AvgIpc) is 2.50. The van der Waals surface area contributed by atoms with Gasteiger partial charge < -0.3 is 9.88 Å². The van der Waals surface area contributed by atoms with Gasteiger partial charge in [0.1, 0.15) is 5.82 Å². The second-order valence-electron chi connectivity index (χ2n) is 4.71. The molecule has 1 aromatic rings. The molecule has 0 radical (unpaired) electrons. The third kappa shape index (κ3) is 3.38. The molecule has 0 fully saturated rings. The average molecular weight is 209 g/mol. The normalized spacial score (nSPS) is 11.5. The summed E-state index contributed by atoms with van der Waals surface area (Å²) in [6.07, 6.45) is 4.44. The predicted octanol–water partition coefficient (Wildman–Crippen LogP) is 1.12. The van der Waals surface area contributed by atoms with Crippen molar-refractivity contribution < 1.29 is 4.79 Å². The molecule has 0 aliphatic heterocycles. The summed E-state index contributed by atoms with van der Waals surface area (Å²) in [6.45, 7) is 6.36. The fraction of sp³-hybridized carbons (Fsp3) is 0.636. The molecule has 4 heteroatoms. The topological polar surface area (TPSA) is 46.9 Å². The van der Waals surface area contributed by atoms with E-state index >= 15 is 0 Å². The highest BCUT2D eigenvalue weighted by Crippen LogP contribution is 2.12. The Morgan fingerprint density at radius 3 is 2.67 bits per heavy atom. The lowest BCUT2D eigenvalue weighted by Crippen LogP contribution is -2.36. The minimum Gasteiger partial charge on any atom is -0.355 e. The second-order valence-corrected chi connectivity index (χ2v) is 4.71. The van der Waals surface area contributed by atoms with Crippen LogP contribution in [0.15, 0.2) is 12.4 Å². The Morgan fingerprint density at radius 2 is 2.20 bits per heavy atom. The van der Waals surface area contributed by atoms with Crippen LogP contribution in [0.5, 0.6) is 0 Å². The summed E-state index contributed by atoms with van der Waals surface area (Å²) in [5.41, 5.74) is -0.318. The maximum atomic E-state index is 11.5. The van der Waals surface area contributed by atoms with Crippen molar-refractivity contribution in [1.29, 1.82) is 0 Å². The Kier molecular flexibility index (Phi) is 3.50. The predicted molar refractivity (Wildman–Crippen MR) is 59.4 cm³/mol. The van der Waals surface area contributed by atoms with E-state index in [-0.39, 0.29) is 11.3 Å². The zero-order chi connectivity index (χ0) is 11.5. The first-order chi connectivity index (χ1) is 6.91. The van der Waals surface area contributed by atoms with Gasteiger partial charge in [-0.25, -0.2) is 4.98 Å². The van der Waals surface area contributed by atoms with E-state index in [0.717, 1.165) is 12.2 Å². The Balaban J connectivity index is 2.35. The number of nitrogens with zero attached hydrogens (tertiary/aromatic N) is 2.